The van der Waals surface area contributed by atoms with E-state index in [1.807, 2.05) is 36.4 Å². The topological polar surface area (TPSA) is 17.1 Å². The van der Waals surface area contributed by atoms with Crippen molar-refractivity contribution in [2.75, 3.05) is 0 Å². The van der Waals surface area contributed by atoms with Crippen molar-refractivity contribution in [1.29, 1.82) is 0 Å². The number of rotatable bonds is 3. The third-order valence-electron chi connectivity index (χ3n) is 2.34. The van der Waals surface area contributed by atoms with Crippen LogP contribution >= 0.6 is 0 Å². The van der Waals surface area contributed by atoms with Crippen LogP contribution in [0.3, 0.4) is 0 Å². The van der Waals surface area contributed by atoms with Crippen LogP contribution in [0.4, 0.5) is 0 Å². The van der Waals surface area contributed by atoms with Crippen molar-refractivity contribution in [2.24, 2.45) is 0 Å². The van der Waals surface area contributed by atoms with Gasteiger partial charge in [-0.2, -0.15) is 0 Å². The number of hydrogen-bond acceptors (Lipinski definition) is 1. The fourth-order valence-electron chi connectivity index (χ4n) is 1.47. The maximum atomic E-state index is 12.0. The molecule has 0 saturated heterocycles. The third kappa shape index (κ3) is 2.09. The quantitative estimate of drug-likeness (QED) is 0.557. The molecule has 0 aliphatic carbocycles. The summed E-state index contributed by atoms with van der Waals surface area (Å²) in [6.45, 7) is 3.82. The lowest BCUT2D eigenvalue weighted by molar-refractivity contribution is 0.105. The highest BCUT2D eigenvalue weighted by molar-refractivity contribution is 6.28. The summed E-state index contributed by atoms with van der Waals surface area (Å²) in [7, 11) is 0. The number of hydrogen-bond donors (Lipinski definition) is 0. The molecule has 1 heteroatoms. The molecule has 0 heterocycles. The Hall–Kier alpha value is -2.15. The molecule has 0 amide bonds. The second-order valence-electron chi connectivity index (χ2n) is 3.45. The van der Waals surface area contributed by atoms with E-state index in [9.17, 15) is 4.79 Å². The van der Waals surface area contributed by atoms with Gasteiger partial charge < -0.3 is 0 Å². The average Bonchev–Trinajstić information content (AvgIpc) is 2.39. The largest absolute Gasteiger partial charge is 0.289 e. The van der Waals surface area contributed by atoms with Gasteiger partial charge in [-0.1, -0.05) is 61.2 Å². The van der Waals surface area contributed by atoms with Crippen LogP contribution in [0.5, 0.6) is 0 Å². The molecule has 1 nitrogen and oxygen atoms in total. The van der Waals surface area contributed by atoms with E-state index in [0.29, 0.717) is 11.1 Å². The van der Waals surface area contributed by atoms with E-state index in [1.165, 1.54) is 0 Å². The lowest BCUT2D eigenvalue weighted by Gasteiger charge is -2.04. The molecule has 2 aromatic carbocycles. The predicted molar refractivity (Wildman–Crippen MR) is 65.1 cm³/mol. The molecule has 0 spiro atoms. The van der Waals surface area contributed by atoms with Gasteiger partial charge in [-0.3, -0.25) is 4.79 Å². The van der Waals surface area contributed by atoms with Crippen LogP contribution in [0, 0.1) is 6.07 Å². The minimum atomic E-state index is -0.0527. The highest BCUT2D eigenvalue weighted by atomic mass is 16.1. The summed E-state index contributed by atoms with van der Waals surface area (Å²) in [4.78, 5) is 12.0. The first-order chi connectivity index (χ1) is 7.79. The normalized spacial score (nSPS) is 9.75. The Balaban J connectivity index is 2.28. The van der Waals surface area contributed by atoms with Crippen molar-refractivity contribution in [1.82, 2.24) is 0 Å². The minimum Gasteiger partial charge on any atom is -0.289 e. The van der Waals surface area contributed by atoms with Crippen molar-refractivity contribution in [3.8, 4) is 0 Å². The van der Waals surface area contributed by atoms with E-state index >= 15 is 0 Å². The summed E-state index contributed by atoms with van der Waals surface area (Å²) >= 11 is 0. The summed E-state index contributed by atoms with van der Waals surface area (Å²) in [5.41, 5.74) is 1.88. The zero-order valence-electron chi connectivity index (χ0n) is 8.81. The number of carbonyl (C=O) groups excluding carboxylic acids is 1. The Morgan fingerprint density at radius 1 is 1.00 bits per heavy atom. The highest BCUT2D eigenvalue weighted by Gasteiger charge is 2.10. The van der Waals surface area contributed by atoms with Crippen molar-refractivity contribution in [2.45, 2.75) is 0 Å². The van der Waals surface area contributed by atoms with Gasteiger partial charge in [-0.05, 0) is 11.6 Å². The monoisotopic (exact) mass is 207 g/mol. The van der Waals surface area contributed by atoms with Crippen LogP contribution in [-0.2, 0) is 0 Å². The average molecular weight is 207 g/mol. The summed E-state index contributed by atoms with van der Waals surface area (Å²) in [5.74, 6) is -0.0527. The Morgan fingerprint density at radius 2 is 1.69 bits per heavy atom. The highest BCUT2D eigenvalue weighted by Crippen LogP contribution is 2.16. The molecule has 77 valence electrons. The molecule has 2 rings (SSSR count). The first-order valence-electron chi connectivity index (χ1n) is 5.05. The second kappa shape index (κ2) is 4.58. The summed E-state index contributed by atoms with van der Waals surface area (Å²) in [5, 5.41) is 0. The number of ketones is 1. The van der Waals surface area contributed by atoms with Crippen LogP contribution in [-0.4, -0.2) is 5.78 Å². The molecule has 0 bridgehead atoms. The van der Waals surface area contributed by atoms with Crippen molar-refractivity contribution in [3.63, 3.8) is 0 Å². The zero-order chi connectivity index (χ0) is 11.4. The van der Waals surface area contributed by atoms with Gasteiger partial charge in [0.2, 0.25) is 0 Å². The van der Waals surface area contributed by atoms with Crippen molar-refractivity contribution < 1.29 is 4.79 Å². The fraction of sp³-hybridized carbons (Fsp3) is 0. The molecule has 0 N–H and O–H groups in total. The van der Waals surface area contributed by atoms with Gasteiger partial charge in [0.05, 0.1) is 0 Å². The van der Waals surface area contributed by atoms with Gasteiger partial charge in [0.1, 0.15) is 0 Å². The maximum absolute atomic E-state index is 12.0. The molecule has 0 saturated carbocycles. The summed E-state index contributed by atoms with van der Waals surface area (Å²) < 4.78 is 0. The van der Waals surface area contributed by atoms with Gasteiger partial charge in [-0.15, -0.1) is 0 Å². The van der Waals surface area contributed by atoms with Crippen LogP contribution in [0.15, 0.2) is 61.2 Å². The Kier molecular flexibility index (Phi) is 2.97. The van der Waals surface area contributed by atoms with Crippen LogP contribution < -0.4 is 0 Å². The van der Waals surface area contributed by atoms with E-state index in [4.69, 9.17) is 0 Å². The molecule has 2 aromatic rings. The zero-order valence-corrected chi connectivity index (χ0v) is 8.81. The molecule has 0 aliphatic rings. The first kappa shape index (κ1) is 10.4. The lowest BCUT2D eigenvalue weighted by atomic mass is 9.98. The van der Waals surface area contributed by atoms with Gasteiger partial charge in [0, 0.05) is 11.1 Å². The molecular weight excluding hydrogens is 196 g/mol. The van der Waals surface area contributed by atoms with Crippen molar-refractivity contribution in [3.05, 3.63) is 78.4 Å². The van der Waals surface area contributed by atoms with Gasteiger partial charge in [-0.25, -0.2) is 0 Å². The van der Waals surface area contributed by atoms with E-state index in [0.717, 1.165) is 5.56 Å². The van der Waals surface area contributed by atoms with Gasteiger partial charge in [0.25, 0.3) is 0 Å². The molecular formula is C15H11O. The molecule has 0 aliphatic heterocycles. The second-order valence-corrected chi connectivity index (χ2v) is 3.45. The molecule has 0 aromatic heterocycles. The van der Waals surface area contributed by atoms with Crippen LogP contribution in [0.2, 0.25) is 0 Å². The number of benzene rings is 2. The Morgan fingerprint density at radius 3 is 2.31 bits per heavy atom. The smallest absolute Gasteiger partial charge is 0.193 e. The SMILES string of the molecule is C=C(C(=O)c1ccccc1)c1[c]cccc1. The van der Waals surface area contributed by atoms with Crippen LogP contribution in [0.1, 0.15) is 15.9 Å². The molecule has 0 unspecified atom stereocenters. The third-order valence-corrected chi connectivity index (χ3v) is 2.34. The number of allylic oxidation sites excluding steroid dienone is 1. The maximum Gasteiger partial charge on any atom is 0.193 e. The molecule has 0 atom stereocenters. The van der Waals surface area contributed by atoms with Gasteiger partial charge in [0.15, 0.2) is 5.78 Å². The van der Waals surface area contributed by atoms with E-state index < -0.39 is 0 Å². The van der Waals surface area contributed by atoms with E-state index in [-0.39, 0.29) is 5.78 Å². The van der Waals surface area contributed by atoms with E-state index in [1.54, 1.807) is 18.2 Å². The summed E-state index contributed by atoms with van der Waals surface area (Å²) in [6.07, 6.45) is 0. The Labute approximate surface area is 95.1 Å². The number of Topliss-reactive ketones (excluding diaryl/α,β-unsaturated/α-hetero) is 1. The van der Waals surface area contributed by atoms with E-state index in [2.05, 4.69) is 12.6 Å². The summed E-state index contributed by atoms with van der Waals surface area (Å²) in [6, 6.07) is 19.5. The number of carbonyl (C=O) groups is 1. The predicted octanol–water partition coefficient (Wildman–Crippen LogP) is 3.38. The van der Waals surface area contributed by atoms with Crippen LogP contribution in [0.25, 0.3) is 5.57 Å². The Bertz CT molecular complexity index is 448. The minimum absolute atomic E-state index is 0.0527. The molecule has 0 fully saturated rings. The molecule has 16 heavy (non-hydrogen) atoms. The molecule has 1 radical (unpaired) electrons. The fourth-order valence-corrected chi connectivity index (χ4v) is 1.47. The van der Waals surface area contributed by atoms with Gasteiger partial charge >= 0.3 is 0 Å². The van der Waals surface area contributed by atoms with Crippen molar-refractivity contribution >= 4 is 11.4 Å². The first-order valence-corrected chi connectivity index (χ1v) is 5.05. The lowest BCUT2D eigenvalue weighted by Crippen LogP contribution is -2.01. The standard InChI is InChI=1S/C15H11O/c1-12(13-8-4-2-5-9-13)15(16)14-10-6-3-7-11-14/h2-8,10-11H,1H2.